The molecule has 3 amide bonds. The SMILES string of the molecule is CN(Cc1cccc(F)c1)C(=O)COC(=O)CN1C(=O)c2cc(Cl)c(Cl)cc2C1=O. The number of hydrogen-bond acceptors (Lipinski definition) is 5. The Morgan fingerprint density at radius 3 is 2.23 bits per heavy atom. The van der Waals surface area contributed by atoms with E-state index >= 15 is 0 Å². The second kappa shape index (κ2) is 8.81. The predicted octanol–water partition coefficient (Wildman–Crippen LogP) is 2.93. The van der Waals surface area contributed by atoms with Gasteiger partial charge in [0, 0.05) is 13.6 Å². The Morgan fingerprint density at radius 1 is 1.07 bits per heavy atom. The maximum atomic E-state index is 13.2. The van der Waals surface area contributed by atoms with Crippen molar-refractivity contribution >= 4 is 46.9 Å². The van der Waals surface area contributed by atoms with Gasteiger partial charge in [0.2, 0.25) is 0 Å². The fourth-order valence-electron chi connectivity index (χ4n) is 2.85. The Balaban J connectivity index is 1.55. The van der Waals surface area contributed by atoms with Crippen molar-refractivity contribution < 1.29 is 28.3 Å². The number of amides is 3. The number of rotatable bonds is 6. The number of carbonyl (C=O) groups is 4. The van der Waals surface area contributed by atoms with Crippen molar-refractivity contribution in [3.63, 3.8) is 0 Å². The summed E-state index contributed by atoms with van der Waals surface area (Å²) in [5, 5.41) is 0.209. The van der Waals surface area contributed by atoms with Gasteiger partial charge < -0.3 is 9.64 Å². The smallest absolute Gasteiger partial charge is 0.326 e. The molecule has 10 heteroatoms. The van der Waals surface area contributed by atoms with Gasteiger partial charge in [-0.3, -0.25) is 24.1 Å². The number of halogens is 3. The molecule has 0 saturated heterocycles. The van der Waals surface area contributed by atoms with Crippen molar-refractivity contribution in [1.82, 2.24) is 9.80 Å². The zero-order valence-electron chi connectivity index (χ0n) is 15.7. The van der Waals surface area contributed by atoms with Crippen molar-refractivity contribution in [1.29, 1.82) is 0 Å². The Kier molecular flexibility index (Phi) is 6.38. The number of carbonyl (C=O) groups excluding carboxylic acids is 4. The number of likely N-dealkylation sites (N-methyl/N-ethyl adjacent to an activating group) is 1. The van der Waals surface area contributed by atoms with E-state index in [1.54, 1.807) is 6.07 Å². The number of benzene rings is 2. The standard InChI is InChI=1S/C20H15Cl2FN2O5/c1-24(8-11-3-2-4-12(23)5-11)17(26)10-30-18(27)9-25-19(28)13-6-15(21)16(22)7-14(13)20(25)29/h2-7H,8-10H2,1H3. The van der Waals surface area contributed by atoms with Crippen LogP contribution in [0.2, 0.25) is 10.0 Å². The average Bonchev–Trinajstić information content (AvgIpc) is 2.91. The van der Waals surface area contributed by atoms with Crippen LogP contribution in [0.5, 0.6) is 0 Å². The molecule has 0 aromatic heterocycles. The molecule has 2 aromatic carbocycles. The van der Waals surface area contributed by atoms with Crippen molar-refractivity contribution in [3.8, 4) is 0 Å². The van der Waals surface area contributed by atoms with Crippen LogP contribution in [0, 0.1) is 5.82 Å². The molecule has 1 heterocycles. The van der Waals surface area contributed by atoms with E-state index in [1.165, 1.54) is 42.3 Å². The van der Waals surface area contributed by atoms with Gasteiger partial charge in [-0.25, -0.2) is 4.39 Å². The zero-order chi connectivity index (χ0) is 22.0. The topological polar surface area (TPSA) is 84.0 Å². The lowest BCUT2D eigenvalue weighted by molar-refractivity contribution is -0.151. The van der Waals surface area contributed by atoms with Crippen LogP contribution in [-0.2, 0) is 20.9 Å². The van der Waals surface area contributed by atoms with E-state index in [0.717, 1.165) is 0 Å². The molecule has 1 aliphatic heterocycles. The van der Waals surface area contributed by atoms with E-state index in [4.69, 9.17) is 27.9 Å². The molecular weight excluding hydrogens is 438 g/mol. The molecule has 0 spiro atoms. The lowest BCUT2D eigenvalue weighted by atomic mass is 10.1. The third-order valence-corrected chi connectivity index (χ3v) is 5.11. The van der Waals surface area contributed by atoms with Crippen LogP contribution in [0.3, 0.4) is 0 Å². The van der Waals surface area contributed by atoms with E-state index in [9.17, 15) is 23.6 Å². The van der Waals surface area contributed by atoms with E-state index in [1.807, 2.05) is 0 Å². The molecule has 30 heavy (non-hydrogen) atoms. The quantitative estimate of drug-likeness (QED) is 0.496. The summed E-state index contributed by atoms with van der Waals surface area (Å²) in [6.45, 7) is -1.14. The summed E-state index contributed by atoms with van der Waals surface area (Å²) in [5.41, 5.74) is 0.640. The first-order chi connectivity index (χ1) is 14.2. The third-order valence-electron chi connectivity index (χ3n) is 4.39. The van der Waals surface area contributed by atoms with Gasteiger partial charge in [-0.05, 0) is 29.8 Å². The Hall–Kier alpha value is -2.97. The molecule has 0 fully saturated rings. The summed E-state index contributed by atoms with van der Waals surface area (Å²) < 4.78 is 18.1. The molecule has 156 valence electrons. The first-order valence-corrected chi connectivity index (χ1v) is 9.42. The summed E-state index contributed by atoms with van der Waals surface area (Å²) in [5.74, 6) is -3.31. The number of hydrogen-bond donors (Lipinski definition) is 0. The third kappa shape index (κ3) is 4.60. The van der Waals surface area contributed by atoms with Crippen LogP contribution in [0.25, 0.3) is 0 Å². The highest BCUT2D eigenvalue weighted by atomic mass is 35.5. The normalized spacial score (nSPS) is 12.7. The maximum absolute atomic E-state index is 13.2. The Morgan fingerprint density at radius 2 is 1.67 bits per heavy atom. The number of imide groups is 1. The monoisotopic (exact) mass is 452 g/mol. The van der Waals surface area contributed by atoms with Gasteiger partial charge in [-0.1, -0.05) is 35.3 Å². The minimum atomic E-state index is -0.936. The predicted molar refractivity (Wildman–Crippen MR) is 106 cm³/mol. The van der Waals surface area contributed by atoms with Gasteiger partial charge in [-0.2, -0.15) is 0 Å². The lowest BCUT2D eigenvalue weighted by Gasteiger charge is -2.18. The Bertz CT molecular complexity index is 1020. The van der Waals surface area contributed by atoms with Crippen LogP contribution in [0.1, 0.15) is 26.3 Å². The average molecular weight is 453 g/mol. The van der Waals surface area contributed by atoms with Crippen molar-refractivity contribution in [3.05, 3.63) is 69.0 Å². The molecule has 0 unspecified atom stereocenters. The van der Waals surface area contributed by atoms with Gasteiger partial charge in [0.05, 0.1) is 21.2 Å². The van der Waals surface area contributed by atoms with Gasteiger partial charge >= 0.3 is 5.97 Å². The van der Waals surface area contributed by atoms with Crippen LogP contribution in [0.4, 0.5) is 4.39 Å². The molecule has 0 aliphatic carbocycles. The van der Waals surface area contributed by atoms with Gasteiger partial charge in [0.15, 0.2) is 6.61 Å². The molecule has 7 nitrogen and oxygen atoms in total. The minimum absolute atomic E-state index is 0.0353. The highest BCUT2D eigenvalue weighted by Crippen LogP contribution is 2.31. The number of nitrogens with zero attached hydrogens (tertiary/aromatic N) is 2. The number of esters is 1. The van der Waals surface area contributed by atoms with Gasteiger partial charge in [0.1, 0.15) is 12.4 Å². The number of ether oxygens (including phenoxy) is 1. The van der Waals surface area contributed by atoms with Crippen molar-refractivity contribution in [2.45, 2.75) is 6.54 Å². The molecule has 0 radical (unpaired) electrons. The van der Waals surface area contributed by atoms with Gasteiger partial charge in [0.25, 0.3) is 17.7 Å². The van der Waals surface area contributed by atoms with E-state index in [-0.39, 0.29) is 27.7 Å². The van der Waals surface area contributed by atoms with E-state index in [0.29, 0.717) is 10.5 Å². The Labute approximate surface area is 180 Å². The second-order valence-corrected chi connectivity index (χ2v) is 7.36. The maximum Gasteiger partial charge on any atom is 0.326 e. The fraction of sp³-hybridized carbons (Fsp3) is 0.200. The van der Waals surface area contributed by atoms with E-state index < -0.39 is 42.7 Å². The van der Waals surface area contributed by atoms with Gasteiger partial charge in [-0.15, -0.1) is 0 Å². The molecule has 2 aromatic rings. The van der Waals surface area contributed by atoms with Crippen LogP contribution < -0.4 is 0 Å². The highest BCUT2D eigenvalue weighted by molar-refractivity contribution is 6.43. The molecule has 0 N–H and O–H groups in total. The second-order valence-electron chi connectivity index (χ2n) is 6.55. The first-order valence-electron chi connectivity index (χ1n) is 8.66. The largest absolute Gasteiger partial charge is 0.454 e. The fourth-order valence-corrected chi connectivity index (χ4v) is 3.18. The molecule has 0 bridgehead atoms. The molecular formula is C20H15Cl2FN2O5. The van der Waals surface area contributed by atoms with Crippen molar-refractivity contribution in [2.75, 3.05) is 20.2 Å². The van der Waals surface area contributed by atoms with Crippen molar-refractivity contribution in [2.24, 2.45) is 0 Å². The highest BCUT2D eigenvalue weighted by Gasteiger charge is 2.37. The van der Waals surface area contributed by atoms with E-state index in [2.05, 4.69) is 0 Å². The van der Waals surface area contributed by atoms with Crippen LogP contribution in [-0.4, -0.2) is 53.7 Å². The summed E-state index contributed by atoms with van der Waals surface area (Å²) in [4.78, 5) is 50.9. The van der Waals surface area contributed by atoms with Crippen LogP contribution >= 0.6 is 23.2 Å². The molecule has 3 rings (SSSR count). The lowest BCUT2D eigenvalue weighted by Crippen LogP contribution is -2.37. The van der Waals surface area contributed by atoms with Crippen LogP contribution in [0.15, 0.2) is 36.4 Å². The minimum Gasteiger partial charge on any atom is -0.454 e. The summed E-state index contributed by atoms with van der Waals surface area (Å²) in [6.07, 6.45) is 0. The summed E-state index contributed by atoms with van der Waals surface area (Å²) in [6, 6.07) is 8.27. The molecule has 0 atom stereocenters. The zero-order valence-corrected chi connectivity index (χ0v) is 17.2. The summed E-state index contributed by atoms with van der Waals surface area (Å²) >= 11 is 11.7. The first kappa shape index (κ1) is 21.7. The molecule has 1 aliphatic rings. The molecule has 0 saturated carbocycles. The number of fused-ring (bicyclic) bond motifs is 1. The summed E-state index contributed by atoms with van der Waals surface area (Å²) in [7, 11) is 1.47.